The van der Waals surface area contributed by atoms with Gasteiger partial charge >= 0.3 is 6.18 Å². The van der Waals surface area contributed by atoms with E-state index in [4.69, 9.17) is 0 Å². The third-order valence-electron chi connectivity index (χ3n) is 2.97. The minimum atomic E-state index is -4.25. The van der Waals surface area contributed by atoms with Crippen LogP contribution in [0.1, 0.15) is 49.8 Å². The molecule has 1 atom stereocenters. The summed E-state index contributed by atoms with van der Waals surface area (Å²) >= 11 is 0. The molecule has 0 nitrogen and oxygen atoms in total. The second-order valence-corrected chi connectivity index (χ2v) is 4.08. The Morgan fingerprint density at radius 1 is 1.19 bits per heavy atom. The van der Waals surface area contributed by atoms with Gasteiger partial charge in [0, 0.05) is 0 Å². The molecule has 16 heavy (non-hydrogen) atoms. The summed E-state index contributed by atoms with van der Waals surface area (Å²) in [6.07, 6.45) is -2.90. The van der Waals surface area contributed by atoms with Crippen molar-refractivity contribution in [1.29, 1.82) is 0 Å². The lowest BCUT2D eigenvalue weighted by molar-refractivity contribution is -0.138. The highest BCUT2D eigenvalue weighted by Gasteiger charge is 2.34. The SMILES string of the molecule is CCc1ccc(C(C)CC)c(C(F)(F)F)c1. The third kappa shape index (κ3) is 2.77. The molecule has 1 rings (SSSR count). The van der Waals surface area contributed by atoms with Crippen molar-refractivity contribution in [3.63, 3.8) is 0 Å². The van der Waals surface area contributed by atoms with Gasteiger partial charge in [0.05, 0.1) is 5.56 Å². The summed E-state index contributed by atoms with van der Waals surface area (Å²) < 4.78 is 38.6. The van der Waals surface area contributed by atoms with Gasteiger partial charge in [-0.3, -0.25) is 0 Å². The first-order chi connectivity index (χ1) is 7.40. The highest BCUT2D eigenvalue weighted by Crippen LogP contribution is 2.36. The van der Waals surface area contributed by atoms with Gasteiger partial charge in [-0.25, -0.2) is 0 Å². The average molecular weight is 230 g/mol. The molecule has 1 unspecified atom stereocenters. The van der Waals surface area contributed by atoms with Crippen molar-refractivity contribution in [1.82, 2.24) is 0 Å². The molecule has 3 heteroatoms. The van der Waals surface area contributed by atoms with Crippen molar-refractivity contribution in [2.24, 2.45) is 0 Å². The van der Waals surface area contributed by atoms with Crippen LogP contribution in [-0.2, 0) is 12.6 Å². The van der Waals surface area contributed by atoms with Crippen LogP contribution in [0.5, 0.6) is 0 Å². The van der Waals surface area contributed by atoms with Gasteiger partial charge in [-0.2, -0.15) is 13.2 Å². The molecule has 1 aromatic carbocycles. The van der Waals surface area contributed by atoms with Crippen LogP contribution >= 0.6 is 0 Å². The molecular formula is C13H17F3. The minimum absolute atomic E-state index is 0.0532. The maximum Gasteiger partial charge on any atom is 0.416 e. The van der Waals surface area contributed by atoms with Gasteiger partial charge in [-0.15, -0.1) is 0 Å². The summed E-state index contributed by atoms with van der Waals surface area (Å²) in [5, 5.41) is 0. The smallest absolute Gasteiger partial charge is 0.166 e. The van der Waals surface area contributed by atoms with Gasteiger partial charge < -0.3 is 0 Å². The molecule has 0 saturated carbocycles. The number of hydrogen-bond donors (Lipinski definition) is 0. The molecule has 0 N–H and O–H groups in total. The zero-order valence-corrected chi connectivity index (χ0v) is 9.86. The first-order valence-electron chi connectivity index (χ1n) is 5.60. The fourth-order valence-electron chi connectivity index (χ4n) is 1.72. The van der Waals surface area contributed by atoms with Gasteiger partial charge in [0.2, 0.25) is 0 Å². The van der Waals surface area contributed by atoms with Gasteiger partial charge in [-0.05, 0) is 36.0 Å². The maximum atomic E-state index is 12.9. The molecule has 0 aromatic heterocycles. The summed E-state index contributed by atoms with van der Waals surface area (Å²) in [6, 6.07) is 4.69. The Kier molecular flexibility index (Phi) is 4.00. The number of hydrogen-bond acceptors (Lipinski definition) is 0. The number of halogens is 3. The monoisotopic (exact) mass is 230 g/mol. The van der Waals surface area contributed by atoms with Gasteiger partial charge in [0.25, 0.3) is 0 Å². The van der Waals surface area contributed by atoms with E-state index in [0.29, 0.717) is 18.4 Å². The molecule has 0 aliphatic carbocycles. The predicted molar refractivity (Wildman–Crippen MR) is 59.5 cm³/mol. The van der Waals surface area contributed by atoms with Crippen LogP contribution < -0.4 is 0 Å². The number of benzene rings is 1. The van der Waals surface area contributed by atoms with E-state index in [1.165, 1.54) is 6.07 Å². The second-order valence-electron chi connectivity index (χ2n) is 4.08. The zero-order valence-electron chi connectivity index (χ0n) is 9.86. The van der Waals surface area contributed by atoms with E-state index in [0.717, 1.165) is 5.56 Å². The maximum absolute atomic E-state index is 12.9. The Balaban J connectivity index is 3.27. The van der Waals surface area contributed by atoms with Crippen molar-refractivity contribution >= 4 is 0 Å². The van der Waals surface area contributed by atoms with Crippen LogP contribution in [0.15, 0.2) is 18.2 Å². The largest absolute Gasteiger partial charge is 0.416 e. The fourth-order valence-corrected chi connectivity index (χ4v) is 1.72. The van der Waals surface area contributed by atoms with E-state index in [2.05, 4.69) is 0 Å². The predicted octanol–water partition coefficient (Wildman–Crippen LogP) is 4.78. The van der Waals surface area contributed by atoms with Crippen LogP contribution in [0.4, 0.5) is 13.2 Å². The molecule has 0 spiro atoms. The van der Waals surface area contributed by atoms with E-state index >= 15 is 0 Å². The van der Waals surface area contributed by atoms with E-state index in [9.17, 15) is 13.2 Å². The molecule has 0 heterocycles. The van der Waals surface area contributed by atoms with Crippen LogP contribution in [0.3, 0.4) is 0 Å². The molecule has 0 aliphatic rings. The second kappa shape index (κ2) is 4.89. The summed E-state index contributed by atoms with van der Waals surface area (Å²) in [5.41, 5.74) is 0.674. The Bertz CT molecular complexity index is 353. The van der Waals surface area contributed by atoms with Crippen LogP contribution in [0.25, 0.3) is 0 Å². The van der Waals surface area contributed by atoms with Crippen LogP contribution in [0.2, 0.25) is 0 Å². The Morgan fingerprint density at radius 2 is 1.81 bits per heavy atom. The summed E-state index contributed by atoms with van der Waals surface area (Å²) in [4.78, 5) is 0. The lowest BCUT2D eigenvalue weighted by Gasteiger charge is -2.18. The number of aryl methyl sites for hydroxylation is 1. The van der Waals surface area contributed by atoms with Gasteiger partial charge in [0.15, 0.2) is 0 Å². The molecule has 90 valence electrons. The summed E-state index contributed by atoms with van der Waals surface area (Å²) in [5.74, 6) is -0.0532. The highest BCUT2D eigenvalue weighted by atomic mass is 19.4. The van der Waals surface area contributed by atoms with Crippen LogP contribution in [-0.4, -0.2) is 0 Å². The number of alkyl halides is 3. The van der Waals surface area contributed by atoms with E-state index in [1.807, 2.05) is 20.8 Å². The molecule has 0 bridgehead atoms. The van der Waals surface area contributed by atoms with E-state index in [-0.39, 0.29) is 5.92 Å². The normalized spacial score (nSPS) is 13.9. The Morgan fingerprint density at radius 3 is 2.25 bits per heavy atom. The molecule has 0 aliphatic heterocycles. The minimum Gasteiger partial charge on any atom is -0.166 e. The van der Waals surface area contributed by atoms with E-state index < -0.39 is 11.7 Å². The van der Waals surface area contributed by atoms with Crippen molar-refractivity contribution in [3.8, 4) is 0 Å². The molecule has 0 saturated heterocycles. The topological polar surface area (TPSA) is 0 Å². The van der Waals surface area contributed by atoms with Crippen LogP contribution in [0, 0.1) is 0 Å². The average Bonchev–Trinajstić information content (AvgIpc) is 2.26. The molecular weight excluding hydrogens is 213 g/mol. The fraction of sp³-hybridized carbons (Fsp3) is 0.538. The summed E-state index contributed by atoms with van der Waals surface area (Å²) in [7, 11) is 0. The van der Waals surface area contributed by atoms with Crippen molar-refractivity contribution in [2.45, 2.75) is 45.7 Å². The standard InChI is InChI=1S/C13H17F3/c1-4-9(3)11-7-6-10(5-2)8-12(11)13(14,15)16/h6-9H,4-5H2,1-3H3. The Hall–Kier alpha value is -0.990. The zero-order chi connectivity index (χ0) is 12.3. The molecule has 1 aromatic rings. The third-order valence-corrected chi connectivity index (χ3v) is 2.97. The first kappa shape index (κ1) is 13.1. The van der Waals surface area contributed by atoms with Gasteiger partial charge in [0.1, 0.15) is 0 Å². The molecule has 0 fully saturated rings. The highest BCUT2D eigenvalue weighted by molar-refractivity contribution is 5.36. The molecule has 0 radical (unpaired) electrons. The van der Waals surface area contributed by atoms with Crippen molar-refractivity contribution in [3.05, 3.63) is 34.9 Å². The van der Waals surface area contributed by atoms with Crippen molar-refractivity contribution in [2.75, 3.05) is 0 Å². The Labute approximate surface area is 94.5 Å². The van der Waals surface area contributed by atoms with Crippen molar-refractivity contribution < 1.29 is 13.2 Å². The van der Waals surface area contributed by atoms with Gasteiger partial charge in [-0.1, -0.05) is 32.9 Å². The lowest BCUT2D eigenvalue weighted by Crippen LogP contribution is -2.11. The first-order valence-corrected chi connectivity index (χ1v) is 5.60. The van der Waals surface area contributed by atoms with E-state index in [1.54, 1.807) is 12.1 Å². The number of rotatable bonds is 3. The summed E-state index contributed by atoms with van der Waals surface area (Å²) in [6.45, 7) is 5.59. The molecule has 0 amide bonds. The lowest BCUT2D eigenvalue weighted by atomic mass is 9.91. The quantitative estimate of drug-likeness (QED) is 0.700.